The molecule has 0 aliphatic heterocycles. The highest BCUT2D eigenvalue weighted by Gasteiger charge is 2.24. The van der Waals surface area contributed by atoms with Gasteiger partial charge in [-0.15, -0.1) is 0 Å². The molecule has 0 aromatic heterocycles. The molecule has 1 saturated carbocycles. The molecule has 8 nitrogen and oxygen atoms in total. The summed E-state index contributed by atoms with van der Waals surface area (Å²) >= 11 is 0. The molecule has 0 unspecified atom stereocenters. The zero-order valence-electron chi connectivity index (χ0n) is 26.0. The molecular weight excluding hydrogens is 592 g/mol. The van der Waals surface area contributed by atoms with Crippen LogP contribution in [-0.2, 0) is 13.2 Å². The van der Waals surface area contributed by atoms with Crippen LogP contribution in [0.3, 0.4) is 0 Å². The maximum absolute atomic E-state index is 12.7. The zero-order chi connectivity index (χ0) is 33.0. The molecule has 6 rings (SSSR count). The second-order valence-electron chi connectivity index (χ2n) is 11.1. The number of aryl methyl sites for hydroxylation is 1. The van der Waals surface area contributed by atoms with E-state index in [1.54, 1.807) is 48.5 Å². The minimum atomic E-state index is -0.931. The van der Waals surface area contributed by atoms with Gasteiger partial charge in [0.2, 0.25) is 0 Å². The largest absolute Gasteiger partial charge is 0.489 e. The van der Waals surface area contributed by atoms with Crippen LogP contribution < -0.4 is 20.1 Å². The molecule has 5 aromatic carbocycles. The summed E-state index contributed by atoms with van der Waals surface area (Å²) in [6.45, 7) is 2.85. The fourth-order valence-corrected chi connectivity index (χ4v) is 4.47. The molecule has 2 amide bonds. The lowest BCUT2D eigenvalue weighted by atomic mass is 10.1. The molecule has 238 valence electrons. The summed E-state index contributed by atoms with van der Waals surface area (Å²) in [5, 5.41) is 14.6. The molecule has 0 saturated heterocycles. The average Bonchev–Trinajstić information content (AvgIpc) is 3.93. The number of rotatable bonds is 11. The fraction of sp³-hybridized carbons (Fsp3) is 0.154. The lowest BCUT2D eigenvalue weighted by Gasteiger charge is -2.12. The van der Waals surface area contributed by atoms with Gasteiger partial charge in [-0.2, -0.15) is 0 Å². The van der Waals surface area contributed by atoms with E-state index in [-0.39, 0.29) is 17.4 Å². The third kappa shape index (κ3) is 10.1. The Balaban J connectivity index is 0.000000216. The number of carbonyl (C=O) groups is 3. The molecule has 5 aromatic rings. The van der Waals surface area contributed by atoms with E-state index < -0.39 is 5.97 Å². The maximum Gasteiger partial charge on any atom is 0.335 e. The number of carboxylic acid groups (broad SMARTS) is 1. The van der Waals surface area contributed by atoms with Crippen molar-refractivity contribution in [2.75, 3.05) is 5.32 Å². The van der Waals surface area contributed by atoms with Gasteiger partial charge in [0, 0.05) is 22.9 Å². The Morgan fingerprint density at radius 3 is 1.62 bits per heavy atom. The van der Waals surface area contributed by atoms with Crippen molar-refractivity contribution >= 4 is 23.5 Å². The fourth-order valence-electron chi connectivity index (χ4n) is 4.47. The van der Waals surface area contributed by atoms with E-state index in [2.05, 4.69) is 10.6 Å². The molecule has 3 N–H and O–H groups in total. The summed E-state index contributed by atoms with van der Waals surface area (Å²) in [5.41, 5.74) is 5.02. The van der Waals surface area contributed by atoms with Crippen molar-refractivity contribution in [2.45, 2.75) is 39.0 Å². The average molecular weight is 629 g/mol. The number of nitrogens with one attached hydrogen (secondary N) is 2. The van der Waals surface area contributed by atoms with Gasteiger partial charge in [-0.05, 0) is 97.1 Å². The third-order valence-corrected chi connectivity index (χ3v) is 7.37. The van der Waals surface area contributed by atoms with Gasteiger partial charge in [-0.25, -0.2) is 4.79 Å². The lowest BCUT2D eigenvalue weighted by molar-refractivity contribution is 0.0696. The van der Waals surface area contributed by atoms with E-state index >= 15 is 0 Å². The van der Waals surface area contributed by atoms with Gasteiger partial charge in [0.05, 0.1) is 5.56 Å². The van der Waals surface area contributed by atoms with Crippen LogP contribution >= 0.6 is 0 Å². The number of aromatic carboxylic acids is 1. The molecule has 0 heterocycles. The van der Waals surface area contributed by atoms with Crippen LogP contribution in [0.5, 0.6) is 11.5 Å². The van der Waals surface area contributed by atoms with E-state index in [4.69, 9.17) is 14.6 Å². The first-order chi connectivity index (χ1) is 22.8. The van der Waals surface area contributed by atoms with Crippen molar-refractivity contribution < 1.29 is 29.0 Å². The van der Waals surface area contributed by atoms with Crippen LogP contribution in [0.1, 0.15) is 60.6 Å². The Morgan fingerprint density at radius 2 is 1.13 bits per heavy atom. The van der Waals surface area contributed by atoms with Crippen LogP contribution in [0, 0.1) is 6.92 Å². The van der Waals surface area contributed by atoms with Crippen molar-refractivity contribution in [3.8, 4) is 11.5 Å². The van der Waals surface area contributed by atoms with E-state index in [1.807, 2.05) is 73.7 Å². The summed E-state index contributed by atoms with van der Waals surface area (Å²) in [5.74, 6) is 0.101. The molecule has 0 bridgehead atoms. The number of carboxylic acids is 1. The van der Waals surface area contributed by atoms with E-state index in [0.29, 0.717) is 47.6 Å². The van der Waals surface area contributed by atoms with Crippen LogP contribution in [-0.4, -0.2) is 28.9 Å². The number of amides is 2. The second kappa shape index (κ2) is 15.9. The predicted octanol–water partition coefficient (Wildman–Crippen LogP) is 7.68. The number of hydrogen-bond acceptors (Lipinski definition) is 5. The van der Waals surface area contributed by atoms with Gasteiger partial charge in [-0.3, -0.25) is 9.59 Å². The smallest absolute Gasteiger partial charge is 0.335 e. The van der Waals surface area contributed by atoms with E-state index in [1.165, 1.54) is 12.1 Å². The SMILES string of the molecule is Cc1ccc(C(=O)NC2CC2)cc1NC(=O)c1ccc(OCc2ccccc2)cc1.O=C(O)c1ccc(OCc2ccccc2)cc1. The molecular formula is C39H36N2O6. The van der Waals surface area contributed by atoms with Crippen molar-refractivity contribution in [1.82, 2.24) is 5.32 Å². The Labute approximate surface area is 274 Å². The van der Waals surface area contributed by atoms with Crippen molar-refractivity contribution in [2.24, 2.45) is 0 Å². The summed E-state index contributed by atoms with van der Waals surface area (Å²) in [6, 6.07) is 38.8. The minimum absolute atomic E-state index is 0.104. The van der Waals surface area contributed by atoms with Gasteiger partial charge in [0.15, 0.2) is 0 Å². The highest BCUT2D eigenvalue weighted by molar-refractivity contribution is 6.05. The highest BCUT2D eigenvalue weighted by atomic mass is 16.5. The van der Waals surface area contributed by atoms with Crippen molar-refractivity contribution in [1.29, 1.82) is 0 Å². The van der Waals surface area contributed by atoms with Gasteiger partial charge in [0.25, 0.3) is 11.8 Å². The highest BCUT2D eigenvalue weighted by Crippen LogP contribution is 2.22. The number of anilines is 1. The topological polar surface area (TPSA) is 114 Å². The number of hydrogen-bond donors (Lipinski definition) is 3. The van der Waals surface area contributed by atoms with Gasteiger partial charge < -0.3 is 25.2 Å². The summed E-state index contributed by atoms with van der Waals surface area (Å²) in [7, 11) is 0. The molecule has 0 atom stereocenters. The second-order valence-corrected chi connectivity index (χ2v) is 11.1. The van der Waals surface area contributed by atoms with Gasteiger partial charge in [-0.1, -0.05) is 66.7 Å². The lowest BCUT2D eigenvalue weighted by Crippen LogP contribution is -2.25. The first kappa shape index (κ1) is 32.5. The van der Waals surface area contributed by atoms with E-state index in [9.17, 15) is 14.4 Å². The Morgan fingerprint density at radius 1 is 0.638 bits per heavy atom. The minimum Gasteiger partial charge on any atom is -0.489 e. The normalized spacial score (nSPS) is 11.8. The number of carbonyl (C=O) groups excluding carboxylic acids is 2. The number of benzene rings is 5. The quantitative estimate of drug-likeness (QED) is 0.138. The Hall–Kier alpha value is -5.89. The summed E-state index contributed by atoms with van der Waals surface area (Å²) in [6.07, 6.45) is 2.07. The number of ether oxygens (including phenoxy) is 2. The molecule has 1 fully saturated rings. The van der Waals surface area contributed by atoms with Gasteiger partial charge in [0.1, 0.15) is 24.7 Å². The molecule has 8 heteroatoms. The first-order valence-corrected chi connectivity index (χ1v) is 15.3. The third-order valence-electron chi connectivity index (χ3n) is 7.37. The molecule has 1 aliphatic rings. The van der Waals surface area contributed by atoms with Crippen LogP contribution in [0.15, 0.2) is 127 Å². The van der Waals surface area contributed by atoms with Crippen LogP contribution in [0.4, 0.5) is 5.69 Å². The summed E-state index contributed by atoms with van der Waals surface area (Å²) in [4.78, 5) is 35.6. The van der Waals surface area contributed by atoms with Crippen molar-refractivity contribution in [3.05, 3.63) is 161 Å². The van der Waals surface area contributed by atoms with Crippen LogP contribution in [0.25, 0.3) is 0 Å². The Kier molecular flexibility index (Phi) is 11.0. The van der Waals surface area contributed by atoms with Crippen LogP contribution in [0.2, 0.25) is 0 Å². The first-order valence-electron chi connectivity index (χ1n) is 15.3. The van der Waals surface area contributed by atoms with E-state index in [0.717, 1.165) is 29.5 Å². The standard InChI is InChI=1S/C25H24N2O3.C14H12O3/c1-17-7-8-20(25(29)26-21-11-12-21)15-23(17)27-24(28)19-9-13-22(14-10-19)30-16-18-5-3-2-4-6-18;15-14(16)12-6-8-13(9-7-12)17-10-11-4-2-1-3-5-11/h2-10,13-15,21H,11-12,16H2,1H3,(H,26,29)(H,27,28);1-9H,10H2,(H,15,16). The monoisotopic (exact) mass is 628 g/mol. The molecule has 0 radical (unpaired) electrons. The molecule has 0 spiro atoms. The van der Waals surface area contributed by atoms with Gasteiger partial charge >= 0.3 is 5.97 Å². The summed E-state index contributed by atoms with van der Waals surface area (Å²) < 4.78 is 11.3. The van der Waals surface area contributed by atoms with Crippen molar-refractivity contribution in [3.63, 3.8) is 0 Å². The molecule has 47 heavy (non-hydrogen) atoms. The molecule has 1 aliphatic carbocycles. The Bertz CT molecular complexity index is 1790. The maximum atomic E-state index is 12.7. The predicted molar refractivity (Wildman–Crippen MR) is 181 cm³/mol. The zero-order valence-corrected chi connectivity index (χ0v) is 26.0.